The highest BCUT2D eigenvalue weighted by Gasteiger charge is 2.64. The van der Waals surface area contributed by atoms with E-state index in [4.69, 9.17) is 4.74 Å². The number of ether oxygens (including phenoxy) is 1. The van der Waals surface area contributed by atoms with E-state index in [-0.39, 0.29) is 29.5 Å². The van der Waals surface area contributed by atoms with Gasteiger partial charge in [-0.1, -0.05) is 18.2 Å². The van der Waals surface area contributed by atoms with E-state index in [1.54, 1.807) is 19.1 Å². The third-order valence-electron chi connectivity index (χ3n) is 4.13. The minimum Gasteiger partial charge on any atom is -0.465 e. The Labute approximate surface area is 94.2 Å². The molecule has 4 atom stereocenters. The Morgan fingerprint density at radius 3 is 3.12 bits per heavy atom. The van der Waals surface area contributed by atoms with Crippen molar-refractivity contribution in [3.05, 3.63) is 24.3 Å². The van der Waals surface area contributed by atoms with Crippen molar-refractivity contribution in [2.24, 2.45) is 23.2 Å². The van der Waals surface area contributed by atoms with Crippen LogP contribution in [0, 0.1) is 23.2 Å². The van der Waals surface area contributed by atoms with Crippen LogP contribution in [-0.4, -0.2) is 18.4 Å². The molecule has 0 N–H and O–H groups in total. The molecular formula is C13H14O3. The summed E-state index contributed by atoms with van der Waals surface area (Å²) in [7, 11) is 0. The van der Waals surface area contributed by atoms with Gasteiger partial charge in [0.05, 0.1) is 6.61 Å². The fourth-order valence-electron chi connectivity index (χ4n) is 3.51. The Balaban J connectivity index is 2.04. The van der Waals surface area contributed by atoms with Crippen molar-refractivity contribution in [1.29, 1.82) is 0 Å². The lowest BCUT2D eigenvalue weighted by Crippen LogP contribution is -2.41. The highest BCUT2D eigenvalue weighted by molar-refractivity contribution is 6.03. The van der Waals surface area contributed by atoms with Crippen molar-refractivity contribution in [1.82, 2.24) is 0 Å². The van der Waals surface area contributed by atoms with Gasteiger partial charge in [-0.15, -0.1) is 0 Å². The second-order valence-corrected chi connectivity index (χ2v) is 4.76. The molecule has 0 aromatic heterocycles. The molecule has 0 amide bonds. The van der Waals surface area contributed by atoms with Crippen LogP contribution in [0.1, 0.15) is 13.3 Å². The molecule has 3 nitrogen and oxygen atoms in total. The summed E-state index contributed by atoms with van der Waals surface area (Å²) < 4.78 is 5.16. The monoisotopic (exact) mass is 218 g/mol. The average Bonchev–Trinajstić information content (AvgIpc) is 2.90. The number of ketones is 1. The number of rotatable bonds is 2. The zero-order valence-electron chi connectivity index (χ0n) is 9.18. The summed E-state index contributed by atoms with van der Waals surface area (Å²) in [6.07, 6.45) is 8.41. The van der Waals surface area contributed by atoms with Gasteiger partial charge in [0.25, 0.3) is 0 Å². The maximum Gasteiger partial charge on any atom is 0.317 e. The average molecular weight is 218 g/mol. The van der Waals surface area contributed by atoms with Gasteiger partial charge in [0.15, 0.2) is 5.78 Å². The summed E-state index contributed by atoms with van der Waals surface area (Å²) in [6.45, 7) is 2.17. The van der Waals surface area contributed by atoms with Crippen LogP contribution >= 0.6 is 0 Å². The Hall–Kier alpha value is -1.38. The van der Waals surface area contributed by atoms with Gasteiger partial charge in [-0.25, -0.2) is 0 Å². The number of allylic oxidation sites excluding steroid dienone is 3. The predicted molar refractivity (Wildman–Crippen MR) is 57.4 cm³/mol. The topological polar surface area (TPSA) is 43.4 Å². The predicted octanol–water partition coefficient (Wildman–Crippen LogP) is 1.50. The molecule has 84 valence electrons. The fraction of sp³-hybridized carbons (Fsp3) is 0.538. The Kier molecular flexibility index (Phi) is 1.88. The third-order valence-corrected chi connectivity index (χ3v) is 4.13. The lowest BCUT2D eigenvalue weighted by atomic mass is 9.70. The summed E-state index contributed by atoms with van der Waals surface area (Å²) >= 11 is 0. The smallest absolute Gasteiger partial charge is 0.317 e. The van der Waals surface area contributed by atoms with E-state index >= 15 is 0 Å². The van der Waals surface area contributed by atoms with Crippen molar-refractivity contribution in [2.45, 2.75) is 13.3 Å². The van der Waals surface area contributed by atoms with E-state index in [0.29, 0.717) is 6.61 Å². The molecule has 1 fully saturated rings. The minimum atomic E-state index is -0.674. The van der Waals surface area contributed by atoms with Gasteiger partial charge in [-0.05, 0) is 31.3 Å². The van der Waals surface area contributed by atoms with Gasteiger partial charge in [0.1, 0.15) is 5.41 Å². The zero-order valence-corrected chi connectivity index (χ0v) is 9.18. The molecule has 0 aromatic rings. The second kappa shape index (κ2) is 3.06. The molecule has 0 saturated heterocycles. The molecule has 0 radical (unpaired) electrons. The maximum atomic E-state index is 12.1. The standard InChI is InChI=1S/C13H14O3/c1-2-16-12(15)13-6-5-10(14)11(13)8-3-4-9(13)7-8/h3-6,8-9,11H,2,7H2,1H3/t8-,9+,11?,13-/m1/s1. The van der Waals surface area contributed by atoms with Crippen LogP contribution in [0.15, 0.2) is 24.3 Å². The molecule has 16 heavy (non-hydrogen) atoms. The molecule has 0 aliphatic heterocycles. The highest BCUT2D eigenvalue weighted by Crippen LogP contribution is 2.60. The molecule has 3 heteroatoms. The van der Waals surface area contributed by atoms with E-state index in [1.165, 1.54) is 0 Å². The molecule has 3 aliphatic carbocycles. The first-order valence-electron chi connectivity index (χ1n) is 5.78. The Morgan fingerprint density at radius 1 is 1.56 bits per heavy atom. The summed E-state index contributed by atoms with van der Waals surface area (Å²) in [5, 5.41) is 0. The number of carbonyl (C=O) groups excluding carboxylic acids is 2. The fourth-order valence-corrected chi connectivity index (χ4v) is 3.51. The first kappa shape index (κ1) is 9.82. The molecule has 1 unspecified atom stereocenters. The quantitative estimate of drug-likeness (QED) is 0.521. The van der Waals surface area contributed by atoms with Crippen molar-refractivity contribution in [2.75, 3.05) is 6.61 Å². The SMILES string of the molecule is CCOC(=O)[C@@]12C=CC(=O)C1[C@@H]1C=C[C@H]2C1. The molecule has 1 saturated carbocycles. The van der Waals surface area contributed by atoms with Gasteiger partial charge in [-0.3, -0.25) is 9.59 Å². The first-order valence-corrected chi connectivity index (χ1v) is 5.78. The summed E-state index contributed by atoms with van der Waals surface area (Å²) in [5.41, 5.74) is -0.674. The number of esters is 1. The van der Waals surface area contributed by atoms with Crippen LogP contribution in [0.4, 0.5) is 0 Å². The van der Waals surface area contributed by atoms with Gasteiger partial charge in [0, 0.05) is 5.92 Å². The van der Waals surface area contributed by atoms with Gasteiger partial charge in [-0.2, -0.15) is 0 Å². The van der Waals surface area contributed by atoms with E-state index in [0.717, 1.165) is 6.42 Å². The largest absolute Gasteiger partial charge is 0.465 e. The molecular weight excluding hydrogens is 204 g/mol. The lowest BCUT2D eigenvalue weighted by Gasteiger charge is -2.32. The number of hydrogen-bond donors (Lipinski definition) is 0. The molecule has 0 spiro atoms. The van der Waals surface area contributed by atoms with Gasteiger partial charge in [0.2, 0.25) is 0 Å². The van der Waals surface area contributed by atoms with E-state index in [2.05, 4.69) is 12.2 Å². The van der Waals surface area contributed by atoms with Crippen LogP contribution in [0.5, 0.6) is 0 Å². The van der Waals surface area contributed by atoms with Crippen LogP contribution < -0.4 is 0 Å². The lowest BCUT2D eigenvalue weighted by molar-refractivity contribution is -0.157. The molecule has 3 aliphatic rings. The molecule has 2 bridgehead atoms. The molecule has 0 aromatic carbocycles. The molecule has 3 rings (SSSR count). The Morgan fingerprint density at radius 2 is 2.38 bits per heavy atom. The van der Waals surface area contributed by atoms with E-state index in [1.807, 2.05) is 0 Å². The van der Waals surface area contributed by atoms with Gasteiger partial charge >= 0.3 is 5.97 Å². The van der Waals surface area contributed by atoms with Crippen LogP contribution in [0.2, 0.25) is 0 Å². The number of carbonyl (C=O) groups is 2. The van der Waals surface area contributed by atoms with Crippen molar-refractivity contribution in [3.8, 4) is 0 Å². The first-order chi connectivity index (χ1) is 7.70. The summed E-state index contributed by atoms with van der Waals surface area (Å²) in [6, 6.07) is 0. The maximum absolute atomic E-state index is 12.1. The number of fused-ring (bicyclic) bond motifs is 5. The van der Waals surface area contributed by atoms with E-state index < -0.39 is 5.41 Å². The van der Waals surface area contributed by atoms with Crippen LogP contribution in [-0.2, 0) is 14.3 Å². The summed E-state index contributed by atoms with van der Waals surface area (Å²) in [5.74, 6) is 0.0616. The minimum absolute atomic E-state index is 0.0879. The van der Waals surface area contributed by atoms with Crippen LogP contribution in [0.25, 0.3) is 0 Å². The zero-order chi connectivity index (χ0) is 11.3. The normalized spacial score (nSPS) is 42.8. The van der Waals surface area contributed by atoms with Crippen molar-refractivity contribution in [3.63, 3.8) is 0 Å². The number of hydrogen-bond acceptors (Lipinski definition) is 3. The summed E-state index contributed by atoms with van der Waals surface area (Å²) in [4.78, 5) is 24.0. The second-order valence-electron chi connectivity index (χ2n) is 4.76. The van der Waals surface area contributed by atoms with Crippen molar-refractivity contribution < 1.29 is 14.3 Å². The molecule has 0 heterocycles. The van der Waals surface area contributed by atoms with Crippen LogP contribution in [0.3, 0.4) is 0 Å². The van der Waals surface area contributed by atoms with Crippen molar-refractivity contribution >= 4 is 11.8 Å². The Bertz CT molecular complexity index is 421. The third kappa shape index (κ3) is 0.938. The van der Waals surface area contributed by atoms with Gasteiger partial charge < -0.3 is 4.74 Å². The van der Waals surface area contributed by atoms with E-state index in [9.17, 15) is 9.59 Å². The highest BCUT2D eigenvalue weighted by atomic mass is 16.5.